The Morgan fingerprint density at radius 3 is 2.57 bits per heavy atom. The summed E-state index contributed by atoms with van der Waals surface area (Å²) >= 11 is 0. The quantitative estimate of drug-likeness (QED) is 0.790. The molecule has 2 aliphatic rings. The highest BCUT2D eigenvalue weighted by Crippen LogP contribution is 2.37. The third-order valence-electron chi connectivity index (χ3n) is 5.59. The number of carbonyl (C=O) groups is 1. The van der Waals surface area contributed by atoms with E-state index < -0.39 is 10.0 Å². The van der Waals surface area contributed by atoms with Crippen molar-refractivity contribution in [3.63, 3.8) is 0 Å². The van der Waals surface area contributed by atoms with Crippen LogP contribution in [-0.2, 0) is 10.0 Å². The Hall–Kier alpha value is -2.39. The van der Waals surface area contributed by atoms with E-state index in [4.69, 9.17) is 4.74 Å². The van der Waals surface area contributed by atoms with Crippen molar-refractivity contribution in [3.05, 3.63) is 36.0 Å². The van der Waals surface area contributed by atoms with Gasteiger partial charge >= 0.3 is 0 Å². The molecule has 2 bridgehead atoms. The smallest absolute Gasteiger partial charge is 0.269 e. The zero-order valence-electron chi connectivity index (χ0n) is 15.9. The number of aromatic amines is 1. The molecule has 1 amide bonds. The van der Waals surface area contributed by atoms with Crippen LogP contribution in [0.1, 0.15) is 36.2 Å². The molecule has 3 atom stereocenters. The lowest BCUT2D eigenvalue weighted by molar-refractivity contribution is 0.0904. The molecule has 28 heavy (non-hydrogen) atoms. The average molecular weight is 404 g/mol. The van der Waals surface area contributed by atoms with Crippen molar-refractivity contribution in [2.75, 3.05) is 13.4 Å². The largest absolute Gasteiger partial charge is 0.496 e. The molecule has 4 rings (SSSR count). The molecule has 2 aromatic rings. The van der Waals surface area contributed by atoms with E-state index >= 15 is 0 Å². The summed E-state index contributed by atoms with van der Waals surface area (Å²) in [5, 5.41) is 10.1. The summed E-state index contributed by atoms with van der Waals surface area (Å²) in [6, 6.07) is 9.10. The van der Waals surface area contributed by atoms with Gasteiger partial charge in [-0.05, 0) is 43.9 Å². The first-order chi connectivity index (χ1) is 13.4. The van der Waals surface area contributed by atoms with Gasteiger partial charge in [-0.3, -0.25) is 9.89 Å². The van der Waals surface area contributed by atoms with E-state index in [2.05, 4.69) is 15.5 Å². The van der Waals surface area contributed by atoms with Crippen molar-refractivity contribution in [3.8, 4) is 17.0 Å². The van der Waals surface area contributed by atoms with E-state index in [0.717, 1.165) is 18.4 Å². The Labute approximate surface area is 164 Å². The number of nitrogens with zero attached hydrogens (tertiary/aromatic N) is 2. The number of piperidine rings is 1. The molecule has 3 heterocycles. The Kier molecular flexibility index (Phi) is 4.88. The lowest BCUT2D eigenvalue weighted by Crippen LogP contribution is -2.52. The lowest BCUT2D eigenvalue weighted by atomic mass is 9.99. The van der Waals surface area contributed by atoms with Gasteiger partial charge in [0.05, 0.1) is 19.1 Å². The molecule has 2 N–H and O–H groups in total. The van der Waals surface area contributed by atoms with Gasteiger partial charge in [-0.1, -0.05) is 12.1 Å². The van der Waals surface area contributed by atoms with E-state index in [-0.39, 0.29) is 24.0 Å². The summed E-state index contributed by atoms with van der Waals surface area (Å²) in [6.45, 7) is 0. The first-order valence-corrected chi connectivity index (χ1v) is 11.2. The standard InChI is InChI=1S/C19H24N4O4S/c1-27-18-6-4-3-5-15(18)16-11-17(22-21-16)19(24)20-12-9-13-7-8-14(10-12)23(13)28(2,25)26/h3-6,11-14H,7-10H2,1-2H3,(H,20,24)(H,21,22)/t12?,13-,14+. The summed E-state index contributed by atoms with van der Waals surface area (Å²) in [5.74, 6) is 0.455. The number of ether oxygens (including phenoxy) is 1. The fourth-order valence-electron chi connectivity index (χ4n) is 4.49. The van der Waals surface area contributed by atoms with Gasteiger partial charge in [0.2, 0.25) is 10.0 Å². The first-order valence-electron chi connectivity index (χ1n) is 9.35. The number of H-pyrrole nitrogens is 1. The summed E-state index contributed by atoms with van der Waals surface area (Å²) < 4.78 is 31.0. The van der Waals surface area contributed by atoms with Gasteiger partial charge in [-0.25, -0.2) is 8.42 Å². The predicted octanol–water partition coefficient (Wildman–Crippen LogP) is 1.77. The second-order valence-corrected chi connectivity index (χ2v) is 9.37. The van der Waals surface area contributed by atoms with Crippen LogP contribution in [0.25, 0.3) is 11.3 Å². The number of hydrogen-bond donors (Lipinski definition) is 2. The number of sulfonamides is 1. The minimum Gasteiger partial charge on any atom is -0.496 e. The minimum absolute atomic E-state index is 0.0232. The average Bonchev–Trinajstić information content (AvgIpc) is 3.25. The fraction of sp³-hybridized carbons (Fsp3) is 0.474. The molecule has 8 nitrogen and oxygen atoms in total. The Morgan fingerprint density at radius 2 is 1.93 bits per heavy atom. The third kappa shape index (κ3) is 3.51. The van der Waals surface area contributed by atoms with E-state index in [9.17, 15) is 13.2 Å². The van der Waals surface area contributed by atoms with E-state index in [1.165, 1.54) is 6.26 Å². The zero-order chi connectivity index (χ0) is 19.9. The molecular formula is C19H24N4O4S. The first kappa shape index (κ1) is 18.9. The topological polar surface area (TPSA) is 104 Å². The molecule has 150 valence electrons. The summed E-state index contributed by atoms with van der Waals surface area (Å²) in [5.41, 5.74) is 1.81. The highest BCUT2D eigenvalue weighted by atomic mass is 32.2. The van der Waals surface area contributed by atoms with Crippen molar-refractivity contribution in [1.82, 2.24) is 19.8 Å². The van der Waals surface area contributed by atoms with Crippen molar-refractivity contribution < 1.29 is 17.9 Å². The number of carbonyl (C=O) groups excluding carboxylic acids is 1. The summed E-state index contributed by atoms with van der Waals surface area (Å²) in [6.07, 6.45) is 4.26. The monoisotopic (exact) mass is 404 g/mol. The number of methoxy groups -OCH3 is 1. The molecule has 9 heteroatoms. The van der Waals surface area contributed by atoms with Crippen LogP contribution in [0.5, 0.6) is 5.75 Å². The van der Waals surface area contributed by atoms with Crippen LogP contribution in [0.4, 0.5) is 0 Å². The molecule has 1 aromatic carbocycles. The van der Waals surface area contributed by atoms with E-state index in [1.807, 2.05) is 24.3 Å². The number of rotatable bonds is 5. The van der Waals surface area contributed by atoms with Crippen LogP contribution in [0.15, 0.2) is 30.3 Å². The maximum Gasteiger partial charge on any atom is 0.269 e. The molecule has 0 spiro atoms. The van der Waals surface area contributed by atoms with Crippen LogP contribution in [0.2, 0.25) is 0 Å². The van der Waals surface area contributed by atoms with Crippen LogP contribution < -0.4 is 10.1 Å². The molecule has 0 radical (unpaired) electrons. The number of amides is 1. The van der Waals surface area contributed by atoms with E-state index in [1.54, 1.807) is 17.5 Å². The number of nitrogens with one attached hydrogen (secondary N) is 2. The molecule has 0 aliphatic carbocycles. The molecule has 2 fully saturated rings. The molecule has 0 saturated carbocycles. The Balaban J connectivity index is 1.45. The lowest BCUT2D eigenvalue weighted by Gasteiger charge is -2.37. The number of fused-ring (bicyclic) bond motifs is 2. The van der Waals surface area contributed by atoms with Crippen LogP contribution in [0, 0.1) is 0 Å². The maximum atomic E-state index is 12.7. The second-order valence-electron chi connectivity index (χ2n) is 7.49. The Morgan fingerprint density at radius 1 is 1.25 bits per heavy atom. The van der Waals surface area contributed by atoms with Gasteiger partial charge in [0, 0.05) is 23.7 Å². The minimum atomic E-state index is -3.21. The van der Waals surface area contributed by atoms with Gasteiger partial charge in [-0.2, -0.15) is 9.40 Å². The normalized spacial score (nSPS) is 24.9. The van der Waals surface area contributed by atoms with Crippen molar-refractivity contribution in [1.29, 1.82) is 0 Å². The summed E-state index contributed by atoms with van der Waals surface area (Å²) in [4.78, 5) is 12.7. The van der Waals surface area contributed by atoms with Crippen molar-refractivity contribution >= 4 is 15.9 Å². The fourth-order valence-corrected chi connectivity index (χ4v) is 5.95. The number of benzene rings is 1. The van der Waals surface area contributed by atoms with E-state index in [0.29, 0.717) is 30.0 Å². The van der Waals surface area contributed by atoms with Crippen molar-refractivity contribution in [2.45, 2.75) is 43.8 Å². The number of para-hydroxylation sites is 1. The van der Waals surface area contributed by atoms with Gasteiger partial charge in [0.25, 0.3) is 5.91 Å². The molecule has 1 unspecified atom stereocenters. The van der Waals surface area contributed by atoms with Crippen molar-refractivity contribution in [2.24, 2.45) is 0 Å². The van der Waals surface area contributed by atoms with Crippen LogP contribution in [-0.4, -0.2) is 60.3 Å². The third-order valence-corrected chi connectivity index (χ3v) is 6.95. The number of aromatic nitrogens is 2. The SMILES string of the molecule is COc1ccccc1-c1cc(C(=O)NC2C[C@H]3CC[C@@H](C2)N3S(C)(=O)=O)[nH]n1. The Bertz CT molecular complexity index is 973. The van der Waals surface area contributed by atoms with Gasteiger partial charge in [-0.15, -0.1) is 0 Å². The van der Waals surface area contributed by atoms with Crippen LogP contribution in [0.3, 0.4) is 0 Å². The van der Waals surface area contributed by atoms with Gasteiger partial charge in [0.1, 0.15) is 11.4 Å². The second kappa shape index (κ2) is 7.21. The maximum absolute atomic E-state index is 12.7. The molecule has 2 aliphatic heterocycles. The predicted molar refractivity (Wildman–Crippen MR) is 105 cm³/mol. The highest BCUT2D eigenvalue weighted by molar-refractivity contribution is 7.88. The number of hydrogen-bond acceptors (Lipinski definition) is 5. The zero-order valence-corrected chi connectivity index (χ0v) is 16.7. The summed E-state index contributed by atoms with van der Waals surface area (Å²) in [7, 11) is -1.61. The molecule has 2 saturated heterocycles. The van der Waals surface area contributed by atoms with Gasteiger partial charge in [0.15, 0.2) is 0 Å². The molecule has 1 aromatic heterocycles. The molecular weight excluding hydrogens is 380 g/mol. The van der Waals surface area contributed by atoms with Crippen LogP contribution >= 0.6 is 0 Å². The van der Waals surface area contributed by atoms with Gasteiger partial charge < -0.3 is 10.1 Å². The highest BCUT2D eigenvalue weighted by Gasteiger charge is 2.45.